The van der Waals surface area contributed by atoms with Crippen molar-refractivity contribution in [3.63, 3.8) is 0 Å². The molecular weight excluding hydrogens is 328 g/mol. The van der Waals surface area contributed by atoms with E-state index in [9.17, 15) is 5.11 Å². The SMILES string of the molecule is O[C@H](C[NH2+]C1CCCCC1)CN1c2ccccc2Sc2ccccc21. The van der Waals surface area contributed by atoms with Crippen molar-refractivity contribution in [1.29, 1.82) is 0 Å². The van der Waals surface area contributed by atoms with Gasteiger partial charge in [-0.15, -0.1) is 0 Å². The van der Waals surface area contributed by atoms with E-state index in [-0.39, 0.29) is 6.10 Å². The molecule has 0 radical (unpaired) electrons. The number of aliphatic hydroxyl groups is 1. The van der Waals surface area contributed by atoms with E-state index >= 15 is 0 Å². The van der Waals surface area contributed by atoms with Crippen LogP contribution in [0.5, 0.6) is 0 Å². The predicted molar refractivity (Wildman–Crippen MR) is 104 cm³/mol. The zero-order valence-electron chi connectivity index (χ0n) is 14.6. The molecule has 4 heteroatoms. The number of β-amino-alcohol motifs (C(OH)–C–C–N with tert-alkyl or cyclic N) is 1. The molecule has 3 nitrogen and oxygen atoms in total. The summed E-state index contributed by atoms with van der Waals surface area (Å²) in [5.41, 5.74) is 2.42. The van der Waals surface area contributed by atoms with E-state index in [1.54, 1.807) is 0 Å². The molecule has 4 rings (SSSR count). The number of benzene rings is 2. The van der Waals surface area contributed by atoms with Gasteiger partial charge < -0.3 is 15.3 Å². The molecule has 25 heavy (non-hydrogen) atoms. The minimum Gasteiger partial charge on any atom is -0.385 e. The maximum atomic E-state index is 10.7. The van der Waals surface area contributed by atoms with Gasteiger partial charge in [-0.2, -0.15) is 0 Å². The van der Waals surface area contributed by atoms with Crippen LogP contribution in [0.25, 0.3) is 0 Å². The lowest BCUT2D eigenvalue weighted by molar-refractivity contribution is -0.696. The third-order valence-electron chi connectivity index (χ3n) is 5.32. The fourth-order valence-electron chi connectivity index (χ4n) is 3.98. The van der Waals surface area contributed by atoms with Crippen LogP contribution < -0.4 is 10.2 Å². The first kappa shape index (κ1) is 17.0. The van der Waals surface area contributed by atoms with E-state index in [0.29, 0.717) is 12.6 Å². The average Bonchev–Trinajstić information content (AvgIpc) is 2.67. The second-order valence-corrected chi connectivity index (χ2v) is 8.26. The summed E-state index contributed by atoms with van der Waals surface area (Å²) in [6.45, 7) is 1.44. The number of quaternary nitrogens is 1. The summed E-state index contributed by atoms with van der Waals surface area (Å²) >= 11 is 1.82. The lowest BCUT2D eigenvalue weighted by Gasteiger charge is -2.34. The summed E-state index contributed by atoms with van der Waals surface area (Å²) in [7, 11) is 0. The van der Waals surface area contributed by atoms with Gasteiger partial charge >= 0.3 is 0 Å². The van der Waals surface area contributed by atoms with E-state index in [0.717, 1.165) is 6.54 Å². The van der Waals surface area contributed by atoms with Gasteiger partial charge in [0.15, 0.2) is 0 Å². The first-order valence-corrected chi connectivity index (χ1v) is 10.3. The molecule has 2 aliphatic rings. The first-order valence-electron chi connectivity index (χ1n) is 9.46. The molecule has 0 amide bonds. The minimum atomic E-state index is -0.328. The van der Waals surface area contributed by atoms with Crippen LogP contribution in [0.15, 0.2) is 58.3 Å². The number of nitrogens with two attached hydrogens (primary N) is 1. The highest BCUT2D eigenvalue weighted by Gasteiger charge is 2.26. The topological polar surface area (TPSA) is 40.1 Å². The van der Waals surface area contributed by atoms with Crippen LogP contribution in [-0.2, 0) is 0 Å². The average molecular weight is 356 g/mol. The molecule has 1 saturated carbocycles. The molecule has 0 aromatic heterocycles. The van der Waals surface area contributed by atoms with Gasteiger partial charge in [0.05, 0.1) is 24.0 Å². The van der Waals surface area contributed by atoms with Gasteiger partial charge in [0, 0.05) is 9.79 Å². The van der Waals surface area contributed by atoms with E-state index in [2.05, 4.69) is 58.7 Å². The Kier molecular flexibility index (Phi) is 5.30. The second kappa shape index (κ2) is 7.81. The molecule has 0 bridgehead atoms. The summed E-state index contributed by atoms with van der Waals surface area (Å²) in [5, 5.41) is 13.1. The third kappa shape index (κ3) is 3.86. The highest BCUT2D eigenvalue weighted by molar-refractivity contribution is 7.99. The molecule has 1 heterocycles. The maximum Gasteiger partial charge on any atom is 0.121 e. The lowest BCUT2D eigenvalue weighted by atomic mass is 9.95. The number of nitrogens with zero attached hydrogens (tertiary/aromatic N) is 1. The second-order valence-electron chi connectivity index (χ2n) is 7.17. The largest absolute Gasteiger partial charge is 0.385 e. The Hall–Kier alpha value is -1.49. The van der Waals surface area contributed by atoms with Gasteiger partial charge in [-0.25, -0.2) is 0 Å². The van der Waals surface area contributed by atoms with E-state index in [4.69, 9.17) is 0 Å². The van der Waals surface area contributed by atoms with Gasteiger partial charge in [0.2, 0.25) is 0 Å². The van der Waals surface area contributed by atoms with Crippen LogP contribution in [0.3, 0.4) is 0 Å². The van der Waals surface area contributed by atoms with Gasteiger partial charge in [-0.3, -0.25) is 0 Å². The zero-order valence-corrected chi connectivity index (χ0v) is 15.4. The smallest absolute Gasteiger partial charge is 0.121 e. The Labute approximate surface area is 154 Å². The van der Waals surface area contributed by atoms with Gasteiger partial charge in [0.25, 0.3) is 0 Å². The van der Waals surface area contributed by atoms with E-state index in [1.165, 1.54) is 53.3 Å². The molecule has 1 atom stereocenters. The van der Waals surface area contributed by atoms with Crippen molar-refractivity contribution in [2.45, 2.75) is 54.0 Å². The lowest BCUT2D eigenvalue weighted by Crippen LogP contribution is -2.92. The molecule has 1 aliphatic heterocycles. The van der Waals surface area contributed by atoms with Crippen LogP contribution in [0.1, 0.15) is 32.1 Å². The number of anilines is 2. The monoisotopic (exact) mass is 355 g/mol. The van der Waals surface area contributed by atoms with Crippen LogP contribution in [0.2, 0.25) is 0 Å². The van der Waals surface area contributed by atoms with Crippen LogP contribution in [-0.4, -0.2) is 30.3 Å². The number of aliphatic hydroxyl groups excluding tert-OH is 1. The van der Waals surface area contributed by atoms with Crippen LogP contribution in [0, 0.1) is 0 Å². The van der Waals surface area contributed by atoms with Crippen molar-refractivity contribution in [3.05, 3.63) is 48.5 Å². The van der Waals surface area contributed by atoms with Crippen molar-refractivity contribution in [2.75, 3.05) is 18.0 Å². The molecule has 1 aliphatic carbocycles. The summed E-state index contributed by atoms with van der Waals surface area (Å²) < 4.78 is 0. The van der Waals surface area contributed by atoms with Crippen molar-refractivity contribution in [2.24, 2.45) is 0 Å². The zero-order chi connectivity index (χ0) is 17.1. The normalized spacial score (nSPS) is 18.5. The first-order chi connectivity index (χ1) is 12.3. The minimum absolute atomic E-state index is 0.328. The summed E-state index contributed by atoms with van der Waals surface area (Å²) in [4.78, 5) is 4.83. The predicted octanol–water partition coefficient (Wildman–Crippen LogP) is 3.55. The molecule has 0 unspecified atom stereocenters. The van der Waals surface area contributed by atoms with Gasteiger partial charge in [-0.1, -0.05) is 42.4 Å². The molecule has 2 aromatic rings. The number of rotatable bonds is 5. The summed E-state index contributed by atoms with van der Waals surface area (Å²) in [6, 6.07) is 17.7. The summed E-state index contributed by atoms with van der Waals surface area (Å²) in [6.07, 6.45) is 6.36. The number of hydrogen-bond donors (Lipinski definition) is 2. The van der Waals surface area contributed by atoms with Crippen LogP contribution in [0.4, 0.5) is 11.4 Å². The maximum absolute atomic E-state index is 10.7. The highest BCUT2D eigenvalue weighted by Crippen LogP contribution is 2.47. The third-order valence-corrected chi connectivity index (χ3v) is 6.45. The Bertz CT molecular complexity index is 669. The van der Waals surface area contributed by atoms with Gasteiger partial charge in [-0.05, 0) is 49.9 Å². The number of hydrogen-bond acceptors (Lipinski definition) is 3. The Balaban J connectivity index is 1.47. The molecule has 2 aromatic carbocycles. The van der Waals surface area contributed by atoms with Gasteiger partial charge in [0.1, 0.15) is 12.6 Å². The summed E-state index contributed by atoms with van der Waals surface area (Å²) in [5.74, 6) is 0. The molecule has 1 fully saturated rings. The van der Waals surface area contributed by atoms with E-state index in [1.807, 2.05) is 11.8 Å². The Morgan fingerprint density at radius 1 is 0.960 bits per heavy atom. The molecule has 0 saturated heterocycles. The molecule has 0 spiro atoms. The number of fused-ring (bicyclic) bond motifs is 2. The molecule has 132 valence electrons. The van der Waals surface area contributed by atoms with E-state index < -0.39 is 0 Å². The fourth-order valence-corrected chi connectivity index (χ4v) is 5.08. The number of para-hydroxylation sites is 2. The van der Waals surface area contributed by atoms with Crippen molar-refractivity contribution in [1.82, 2.24) is 0 Å². The Morgan fingerprint density at radius 3 is 2.20 bits per heavy atom. The van der Waals surface area contributed by atoms with Crippen molar-refractivity contribution in [3.8, 4) is 0 Å². The van der Waals surface area contributed by atoms with Crippen molar-refractivity contribution < 1.29 is 10.4 Å². The highest BCUT2D eigenvalue weighted by atomic mass is 32.2. The standard InChI is InChI=1S/C21H26N2OS/c24-17(14-22-16-8-2-1-3-9-16)15-23-18-10-4-6-12-20(18)25-21-13-7-5-11-19(21)23/h4-7,10-13,16-17,22,24H,1-3,8-9,14-15H2/p+1/t17-/m1/s1. The van der Waals surface area contributed by atoms with Crippen LogP contribution >= 0.6 is 11.8 Å². The fraction of sp³-hybridized carbons (Fsp3) is 0.429. The quantitative estimate of drug-likeness (QED) is 0.862. The Morgan fingerprint density at radius 2 is 1.56 bits per heavy atom. The van der Waals surface area contributed by atoms with Crippen molar-refractivity contribution >= 4 is 23.1 Å². The molecule has 3 N–H and O–H groups in total. The molecular formula is C21H27N2OS+.